The maximum Gasteiger partial charge on any atom is 0.342 e. The third-order valence-electron chi connectivity index (χ3n) is 7.14. The number of carbonyl (C=O) groups is 1. The molecule has 0 saturated heterocycles. The van der Waals surface area contributed by atoms with Crippen molar-refractivity contribution in [1.82, 2.24) is 18.7 Å². The minimum atomic E-state index is -3.91. The van der Waals surface area contributed by atoms with Gasteiger partial charge in [0.25, 0.3) is 10.0 Å². The third kappa shape index (κ3) is 5.40. The van der Waals surface area contributed by atoms with Crippen LogP contribution in [0.5, 0.6) is 11.5 Å². The summed E-state index contributed by atoms with van der Waals surface area (Å²) in [4.78, 5) is 17.9. The summed E-state index contributed by atoms with van der Waals surface area (Å²) in [6, 6.07) is 28.7. The molecule has 0 unspecified atom stereocenters. The van der Waals surface area contributed by atoms with E-state index in [1.165, 1.54) is 13.3 Å². The summed E-state index contributed by atoms with van der Waals surface area (Å²) < 4.78 is 41.1. The van der Waals surface area contributed by atoms with Crippen LogP contribution in [-0.4, -0.2) is 40.2 Å². The molecule has 0 aliphatic carbocycles. The molecule has 0 fully saturated rings. The van der Waals surface area contributed by atoms with Crippen LogP contribution in [-0.2, 0) is 28.2 Å². The van der Waals surface area contributed by atoms with Gasteiger partial charge in [0.05, 0.1) is 17.5 Å². The summed E-state index contributed by atoms with van der Waals surface area (Å²) >= 11 is 0. The molecular weight excluding hydrogens is 564 g/mol. The first-order valence-corrected chi connectivity index (χ1v) is 15.0. The summed E-state index contributed by atoms with van der Waals surface area (Å²) in [6.07, 6.45) is 2.07. The second kappa shape index (κ2) is 11.2. The number of carbonyl (C=O) groups excluding carboxylic acids is 1. The molecule has 0 N–H and O–H groups in total. The minimum absolute atomic E-state index is 0.115. The molecule has 0 aliphatic heterocycles. The summed E-state index contributed by atoms with van der Waals surface area (Å²) in [7, 11) is -0.781. The number of ether oxygens (including phenoxy) is 2. The van der Waals surface area contributed by atoms with Gasteiger partial charge in [-0.15, -0.1) is 0 Å². The fourth-order valence-corrected chi connectivity index (χ4v) is 6.25. The van der Waals surface area contributed by atoms with Crippen LogP contribution < -0.4 is 4.74 Å². The van der Waals surface area contributed by atoms with Gasteiger partial charge in [0.15, 0.2) is 5.82 Å². The Bertz CT molecular complexity index is 2060. The predicted molar refractivity (Wildman–Crippen MR) is 163 cm³/mol. The molecule has 216 valence electrons. The Morgan fingerprint density at radius 3 is 2.42 bits per heavy atom. The fraction of sp³-hybridized carbons (Fsp3) is 0.121. The highest BCUT2D eigenvalue weighted by atomic mass is 32.2. The van der Waals surface area contributed by atoms with Crippen molar-refractivity contribution in [3.8, 4) is 22.9 Å². The lowest BCUT2D eigenvalue weighted by Gasteiger charge is -2.13. The number of rotatable bonds is 8. The Hall–Kier alpha value is -5.22. The van der Waals surface area contributed by atoms with Crippen molar-refractivity contribution in [1.29, 1.82) is 0 Å². The molecule has 43 heavy (non-hydrogen) atoms. The Morgan fingerprint density at radius 1 is 0.907 bits per heavy atom. The Kier molecular flexibility index (Phi) is 7.29. The molecule has 0 radical (unpaired) electrons. The van der Waals surface area contributed by atoms with Gasteiger partial charge in [0.1, 0.15) is 22.9 Å². The van der Waals surface area contributed by atoms with E-state index in [-0.39, 0.29) is 16.2 Å². The van der Waals surface area contributed by atoms with E-state index in [1.807, 2.05) is 56.4 Å². The minimum Gasteiger partial charge on any atom is -0.465 e. The highest BCUT2D eigenvalue weighted by molar-refractivity contribution is 7.90. The monoisotopic (exact) mass is 592 g/mol. The molecule has 2 heterocycles. The summed E-state index contributed by atoms with van der Waals surface area (Å²) in [6.45, 7) is 1.89. The zero-order chi connectivity index (χ0) is 30.1. The zero-order valence-electron chi connectivity index (χ0n) is 23.8. The Morgan fingerprint density at radius 2 is 1.67 bits per heavy atom. The van der Waals surface area contributed by atoms with Crippen molar-refractivity contribution in [3.05, 3.63) is 126 Å². The molecule has 0 saturated carbocycles. The quantitative estimate of drug-likeness (QED) is 0.195. The van der Waals surface area contributed by atoms with Gasteiger partial charge < -0.3 is 9.47 Å². The molecule has 6 aromatic rings. The lowest BCUT2D eigenvalue weighted by atomic mass is 10.1. The van der Waals surface area contributed by atoms with Gasteiger partial charge in [0, 0.05) is 30.6 Å². The highest BCUT2D eigenvalue weighted by Crippen LogP contribution is 2.35. The molecule has 2 aromatic heterocycles. The van der Waals surface area contributed by atoms with Gasteiger partial charge in [-0.05, 0) is 55.0 Å². The molecule has 0 aliphatic rings. The first-order valence-electron chi connectivity index (χ1n) is 13.5. The Labute approximate surface area is 249 Å². The molecule has 0 amide bonds. The number of aryl methyl sites for hydroxylation is 2. The van der Waals surface area contributed by atoms with Crippen molar-refractivity contribution in [3.63, 3.8) is 0 Å². The summed E-state index contributed by atoms with van der Waals surface area (Å²) in [5, 5.41) is 4.98. The van der Waals surface area contributed by atoms with Gasteiger partial charge in [-0.2, -0.15) is 5.10 Å². The predicted octanol–water partition coefficient (Wildman–Crippen LogP) is 6.15. The molecule has 6 rings (SSSR count). The highest BCUT2D eigenvalue weighted by Gasteiger charge is 2.25. The smallest absolute Gasteiger partial charge is 0.342 e. The maximum atomic E-state index is 13.4. The number of hydrogen-bond acceptors (Lipinski definition) is 7. The lowest BCUT2D eigenvalue weighted by molar-refractivity contribution is 0.0600. The van der Waals surface area contributed by atoms with Crippen LogP contribution in [0, 0.1) is 6.92 Å². The topological polar surface area (TPSA) is 105 Å². The van der Waals surface area contributed by atoms with Gasteiger partial charge in [-0.1, -0.05) is 60.2 Å². The second-order valence-electron chi connectivity index (χ2n) is 10.1. The number of aromatic nitrogens is 4. The fourth-order valence-electron chi connectivity index (χ4n) is 4.90. The zero-order valence-corrected chi connectivity index (χ0v) is 24.6. The number of hydrogen-bond donors (Lipinski definition) is 0. The summed E-state index contributed by atoms with van der Waals surface area (Å²) in [5.74, 6) is 1.38. The molecule has 0 spiro atoms. The van der Waals surface area contributed by atoms with Gasteiger partial charge >= 0.3 is 5.97 Å². The first-order chi connectivity index (χ1) is 20.7. The number of nitrogens with zero attached hydrogens (tertiary/aromatic N) is 4. The van der Waals surface area contributed by atoms with E-state index >= 15 is 0 Å². The first kappa shape index (κ1) is 27.9. The standard InChI is InChI=1S/C33H28N4O5S/c1-22-12-14-26(15-13-22)43(39,40)37-19-18-27-28(37)16-17-29(31(27)33(38)41-3)42-25-11-7-10-24(21-25)32-34-30(36(2)35-32)20-23-8-5-4-6-9-23/h4-19,21H,20H2,1-3H3. The normalized spacial score (nSPS) is 11.5. The van der Waals surface area contributed by atoms with Crippen LogP contribution in [0.1, 0.15) is 27.3 Å². The van der Waals surface area contributed by atoms with E-state index in [4.69, 9.17) is 14.5 Å². The van der Waals surface area contributed by atoms with Gasteiger partial charge in [0.2, 0.25) is 0 Å². The third-order valence-corrected chi connectivity index (χ3v) is 8.85. The SMILES string of the molecule is COC(=O)c1c(Oc2cccc(-c3nc(Cc4ccccc4)n(C)n3)c2)ccc2c1ccn2S(=O)(=O)c1ccc(C)cc1. The van der Waals surface area contributed by atoms with Crippen molar-refractivity contribution in [2.24, 2.45) is 7.05 Å². The van der Waals surface area contributed by atoms with Gasteiger partial charge in [-0.25, -0.2) is 22.2 Å². The average Bonchev–Trinajstić information content (AvgIpc) is 3.61. The van der Waals surface area contributed by atoms with Crippen LogP contribution in [0.25, 0.3) is 22.3 Å². The van der Waals surface area contributed by atoms with E-state index in [0.29, 0.717) is 28.9 Å². The van der Waals surface area contributed by atoms with E-state index in [0.717, 1.165) is 26.5 Å². The number of fused-ring (bicyclic) bond motifs is 1. The van der Waals surface area contributed by atoms with E-state index in [1.54, 1.807) is 59.3 Å². The molecule has 10 heteroatoms. The largest absolute Gasteiger partial charge is 0.465 e. The van der Waals surface area contributed by atoms with Crippen LogP contribution >= 0.6 is 0 Å². The maximum absolute atomic E-state index is 13.4. The average molecular weight is 593 g/mol. The molecular formula is C33H28N4O5S. The van der Waals surface area contributed by atoms with E-state index in [9.17, 15) is 13.2 Å². The lowest BCUT2D eigenvalue weighted by Crippen LogP contribution is -2.12. The molecule has 4 aromatic carbocycles. The van der Waals surface area contributed by atoms with Crippen LogP contribution in [0.15, 0.2) is 108 Å². The van der Waals surface area contributed by atoms with Crippen molar-refractivity contribution in [2.45, 2.75) is 18.2 Å². The number of methoxy groups -OCH3 is 1. The van der Waals surface area contributed by atoms with Crippen LogP contribution in [0.2, 0.25) is 0 Å². The Balaban J connectivity index is 1.34. The van der Waals surface area contributed by atoms with E-state index in [2.05, 4.69) is 5.10 Å². The molecule has 9 nitrogen and oxygen atoms in total. The molecule has 0 atom stereocenters. The number of benzene rings is 4. The molecule has 0 bridgehead atoms. The van der Waals surface area contributed by atoms with Crippen molar-refractivity contribution >= 4 is 26.9 Å². The van der Waals surface area contributed by atoms with Crippen LogP contribution in [0.4, 0.5) is 0 Å². The van der Waals surface area contributed by atoms with Crippen molar-refractivity contribution < 1.29 is 22.7 Å². The second-order valence-corrected chi connectivity index (χ2v) is 11.9. The van der Waals surface area contributed by atoms with Gasteiger partial charge in [-0.3, -0.25) is 4.68 Å². The van der Waals surface area contributed by atoms with Crippen molar-refractivity contribution in [2.75, 3.05) is 7.11 Å². The van der Waals surface area contributed by atoms with E-state index < -0.39 is 16.0 Å². The number of esters is 1. The van der Waals surface area contributed by atoms with Crippen LogP contribution in [0.3, 0.4) is 0 Å². The summed E-state index contributed by atoms with van der Waals surface area (Å²) in [5.41, 5.74) is 3.26.